The summed E-state index contributed by atoms with van der Waals surface area (Å²) in [5.41, 5.74) is 8.52. The van der Waals surface area contributed by atoms with Crippen LogP contribution in [0, 0.1) is 0 Å². The standard InChI is InChI=1S/C14H16N2O2/c1-17-11-5-6-12(10(8-11)9-15)14-13(18-2)4-3-7-16-14/h3-8H,9,15H2,1-2H3. The lowest BCUT2D eigenvalue weighted by molar-refractivity contribution is 0.413. The summed E-state index contributed by atoms with van der Waals surface area (Å²) in [6.07, 6.45) is 1.74. The fraction of sp³-hybridized carbons (Fsp3) is 0.214. The van der Waals surface area contributed by atoms with Crippen molar-refractivity contribution in [3.63, 3.8) is 0 Å². The summed E-state index contributed by atoms with van der Waals surface area (Å²) >= 11 is 0. The van der Waals surface area contributed by atoms with Crippen LogP contribution < -0.4 is 15.2 Å². The van der Waals surface area contributed by atoms with E-state index in [1.807, 2.05) is 30.3 Å². The van der Waals surface area contributed by atoms with Gasteiger partial charge >= 0.3 is 0 Å². The molecule has 0 aliphatic heterocycles. The van der Waals surface area contributed by atoms with Gasteiger partial charge in [-0.3, -0.25) is 4.98 Å². The van der Waals surface area contributed by atoms with E-state index in [-0.39, 0.29) is 0 Å². The highest BCUT2D eigenvalue weighted by Crippen LogP contribution is 2.31. The molecule has 0 radical (unpaired) electrons. The predicted molar refractivity (Wildman–Crippen MR) is 70.7 cm³/mol. The van der Waals surface area contributed by atoms with Crippen molar-refractivity contribution < 1.29 is 9.47 Å². The molecule has 0 spiro atoms. The Morgan fingerprint density at radius 1 is 1.17 bits per heavy atom. The Hall–Kier alpha value is -2.07. The number of ether oxygens (including phenoxy) is 2. The van der Waals surface area contributed by atoms with E-state index in [1.165, 1.54) is 0 Å². The summed E-state index contributed by atoms with van der Waals surface area (Å²) in [7, 11) is 3.27. The van der Waals surface area contributed by atoms with Gasteiger partial charge in [0.25, 0.3) is 0 Å². The Bertz CT molecular complexity index is 541. The molecule has 0 saturated heterocycles. The van der Waals surface area contributed by atoms with Crippen LogP contribution >= 0.6 is 0 Å². The largest absolute Gasteiger partial charge is 0.497 e. The Morgan fingerprint density at radius 3 is 2.67 bits per heavy atom. The van der Waals surface area contributed by atoms with Crippen LogP contribution in [0.4, 0.5) is 0 Å². The van der Waals surface area contributed by atoms with Gasteiger partial charge in [-0.05, 0) is 35.9 Å². The quantitative estimate of drug-likeness (QED) is 0.896. The highest BCUT2D eigenvalue weighted by Gasteiger charge is 2.11. The Balaban J connectivity index is 2.56. The molecule has 1 aromatic heterocycles. The summed E-state index contributed by atoms with van der Waals surface area (Å²) in [5.74, 6) is 1.52. The molecule has 0 aliphatic carbocycles. The van der Waals surface area contributed by atoms with Gasteiger partial charge in [0.15, 0.2) is 0 Å². The lowest BCUT2D eigenvalue weighted by Gasteiger charge is -2.12. The van der Waals surface area contributed by atoms with Gasteiger partial charge in [0.2, 0.25) is 0 Å². The molecule has 94 valence electrons. The van der Waals surface area contributed by atoms with Gasteiger partial charge in [-0.1, -0.05) is 0 Å². The zero-order valence-electron chi connectivity index (χ0n) is 10.5. The number of pyridine rings is 1. The van der Waals surface area contributed by atoms with E-state index < -0.39 is 0 Å². The maximum atomic E-state index is 5.78. The second-order valence-corrected chi connectivity index (χ2v) is 3.78. The molecular weight excluding hydrogens is 228 g/mol. The second kappa shape index (κ2) is 5.51. The van der Waals surface area contributed by atoms with Crippen molar-refractivity contribution >= 4 is 0 Å². The monoisotopic (exact) mass is 244 g/mol. The van der Waals surface area contributed by atoms with Gasteiger partial charge in [0, 0.05) is 18.3 Å². The minimum atomic E-state index is 0.423. The molecule has 1 heterocycles. The van der Waals surface area contributed by atoms with Crippen LogP contribution in [0.5, 0.6) is 11.5 Å². The molecule has 0 bridgehead atoms. The molecule has 18 heavy (non-hydrogen) atoms. The van der Waals surface area contributed by atoms with Crippen molar-refractivity contribution in [2.24, 2.45) is 5.73 Å². The summed E-state index contributed by atoms with van der Waals surface area (Å²) in [5, 5.41) is 0. The van der Waals surface area contributed by atoms with E-state index in [1.54, 1.807) is 20.4 Å². The van der Waals surface area contributed by atoms with E-state index >= 15 is 0 Å². The van der Waals surface area contributed by atoms with Crippen molar-refractivity contribution in [3.8, 4) is 22.8 Å². The zero-order chi connectivity index (χ0) is 13.0. The average molecular weight is 244 g/mol. The third-order valence-electron chi connectivity index (χ3n) is 2.78. The third-order valence-corrected chi connectivity index (χ3v) is 2.78. The number of benzene rings is 1. The highest BCUT2D eigenvalue weighted by atomic mass is 16.5. The topological polar surface area (TPSA) is 57.4 Å². The van der Waals surface area contributed by atoms with E-state index in [9.17, 15) is 0 Å². The molecule has 0 amide bonds. The number of nitrogens with two attached hydrogens (primary N) is 1. The maximum Gasteiger partial charge on any atom is 0.145 e. The van der Waals surface area contributed by atoms with Gasteiger partial charge in [-0.15, -0.1) is 0 Å². The number of hydrogen-bond acceptors (Lipinski definition) is 4. The number of hydrogen-bond donors (Lipinski definition) is 1. The zero-order valence-corrected chi connectivity index (χ0v) is 10.5. The summed E-state index contributed by atoms with van der Waals surface area (Å²) < 4.78 is 10.5. The van der Waals surface area contributed by atoms with Crippen LogP contribution in [-0.4, -0.2) is 19.2 Å². The first-order valence-electron chi connectivity index (χ1n) is 5.66. The molecule has 2 rings (SSSR count). The van der Waals surface area contributed by atoms with E-state index in [2.05, 4.69) is 4.98 Å². The van der Waals surface area contributed by atoms with Crippen LogP contribution in [0.1, 0.15) is 5.56 Å². The van der Waals surface area contributed by atoms with Crippen molar-refractivity contribution in [2.75, 3.05) is 14.2 Å². The van der Waals surface area contributed by atoms with Crippen molar-refractivity contribution in [2.45, 2.75) is 6.54 Å². The highest BCUT2D eigenvalue weighted by molar-refractivity contribution is 5.70. The van der Waals surface area contributed by atoms with E-state index in [4.69, 9.17) is 15.2 Å². The predicted octanol–water partition coefficient (Wildman–Crippen LogP) is 2.22. The average Bonchev–Trinajstić information content (AvgIpc) is 2.46. The van der Waals surface area contributed by atoms with Gasteiger partial charge in [-0.25, -0.2) is 0 Å². The molecule has 1 aromatic carbocycles. The van der Waals surface area contributed by atoms with Crippen LogP contribution in [0.2, 0.25) is 0 Å². The Labute approximate surface area is 106 Å². The molecule has 4 heteroatoms. The summed E-state index contributed by atoms with van der Waals surface area (Å²) in [6, 6.07) is 9.48. The van der Waals surface area contributed by atoms with E-state index in [0.29, 0.717) is 6.54 Å². The molecule has 0 unspecified atom stereocenters. The molecular formula is C14H16N2O2. The smallest absolute Gasteiger partial charge is 0.145 e. The normalized spacial score (nSPS) is 10.2. The lowest BCUT2D eigenvalue weighted by atomic mass is 10.0. The van der Waals surface area contributed by atoms with Crippen molar-refractivity contribution in [1.82, 2.24) is 4.98 Å². The molecule has 2 aromatic rings. The molecule has 0 saturated carbocycles. The molecule has 2 N–H and O–H groups in total. The number of aromatic nitrogens is 1. The SMILES string of the molecule is COc1ccc(-c2ncccc2OC)c(CN)c1. The third kappa shape index (κ3) is 2.28. The summed E-state index contributed by atoms with van der Waals surface area (Å²) in [4.78, 5) is 4.36. The summed E-state index contributed by atoms with van der Waals surface area (Å²) in [6.45, 7) is 0.423. The van der Waals surface area contributed by atoms with Crippen molar-refractivity contribution in [3.05, 3.63) is 42.1 Å². The van der Waals surface area contributed by atoms with Crippen molar-refractivity contribution in [1.29, 1.82) is 0 Å². The maximum absolute atomic E-state index is 5.78. The lowest BCUT2D eigenvalue weighted by Crippen LogP contribution is -2.01. The van der Waals surface area contributed by atoms with Gasteiger partial charge in [0.1, 0.15) is 17.2 Å². The van der Waals surface area contributed by atoms with Crippen LogP contribution in [0.15, 0.2) is 36.5 Å². The fourth-order valence-corrected chi connectivity index (χ4v) is 1.85. The van der Waals surface area contributed by atoms with Crippen LogP contribution in [0.3, 0.4) is 0 Å². The first kappa shape index (κ1) is 12.4. The number of nitrogens with zero attached hydrogens (tertiary/aromatic N) is 1. The second-order valence-electron chi connectivity index (χ2n) is 3.78. The Kier molecular flexibility index (Phi) is 3.79. The molecule has 0 aliphatic rings. The minimum absolute atomic E-state index is 0.423. The molecule has 4 nitrogen and oxygen atoms in total. The first-order chi connectivity index (χ1) is 8.80. The molecule has 0 atom stereocenters. The fourth-order valence-electron chi connectivity index (χ4n) is 1.85. The minimum Gasteiger partial charge on any atom is -0.497 e. The van der Waals surface area contributed by atoms with Gasteiger partial charge < -0.3 is 15.2 Å². The van der Waals surface area contributed by atoms with Crippen LogP contribution in [0.25, 0.3) is 11.3 Å². The van der Waals surface area contributed by atoms with Crippen LogP contribution in [-0.2, 0) is 6.54 Å². The first-order valence-corrected chi connectivity index (χ1v) is 5.66. The number of rotatable bonds is 4. The molecule has 0 fully saturated rings. The van der Waals surface area contributed by atoms with Gasteiger partial charge in [-0.2, -0.15) is 0 Å². The van der Waals surface area contributed by atoms with E-state index in [0.717, 1.165) is 28.3 Å². The Morgan fingerprint density at radius 2 is 2.00 bits per heavy atom. The van der Waals surface area contributed by atoms with Gasteiger partial charge in [0.05, 0.1) is 14.2 Å². The number of methoxy groups -OCH3 is 2.